The molecule has 2 fully saturated rings. The molecule has 1 aliphatic carbocycles. The number of carbonyl (C=O) groups excluding carboxylic acids is 1. The zero-order chi connectivity index (χ0) is 13.8. The number of nitrogens with one attached hydrogen (secondary N) is 1. The first-order valence-electron chi connectivity index (χ1n) is 6.93. The third-order valence-corrected chi connectivity index (χ3v) is 4.14. The van der Waals surface area contributed by atoms with E-state index in [1.807, 2.05) is 0 Å². The molecule has 3 unspecified atom stereocenters. The highest BCUT2D eigenvalue weighted by atomic mass is 16.5. The average molecular weight is 270 g/mol. The van der Waals surface area contributed by atoms with E-state index in [-0.39, 0.29) is 18.2 Å². The van der Waals surface area contributed by atoms with Gasteiger partial charge in [0.05, 0.1) is 12.0 Å². The first-order valence-corrected chi connectivity index (χ1v) is 6.93. The summed E-state index contributed by atoms with van der Waals surface area (Å²) in [6, 6.07) is -0.382. The van der Waals surface area contributed by atoms with Crippen LogP contribution in [0.15, 0.2) is 0 Å². The minimum atomic E-state index is -0.809. The number of methoxy groups -OCH3 is 1. The van der Waals surface area contributed by atoms with E-state index in [1.165, 1.54) is 0 Å². The number of ether oxygens (including phenoxy) is 1. The molecule has 0 bridgehead atoms. The number of amides is 2. The Balaban J connectivity index is 1.88. The Bertz CT molecular complexity index is 348. The Kier molecular flexibility index (Phi) is 4.63. The molecule has 2 aliphatic rings. The molecule has 2 amide bonds. The van der Waals surface area contributed by atoms with Crippen molar-refractivity contribution >= 4 is 12.0 Å². The smallest absolute Gasteiger partial charge is 0.317 e. The van der Waals surface area contributed by atoms with E-state index in [2.05, 4.69) is 5.32 Å². The van der Waals surface area contributed by atoms with Crippen LogP contribution >= 0.6 is 0 Å². The van der Waals surface area contributed by atoms with Crippen LogP contribution in [0.3, 0.4) is 0 Å². The monoisotopic (exact) mass is 270 g/mol. The number of piperidine rings is 1. The molecule has 19 heavy (non-hydrogen) atoms. The topological polar surface area (TPSA) is 78.9 Å². The van der Waals surface area contributed by atoms with Crippen LogP contribution in [0, 0.1) is 5.92 Å². The van der Waals surface area contributed by atoms with Crippen LogP contribution in [-0.2, 0) is 9.53 Å². The van der Waals surface area contributed by atoms with Crippen molar-refractivity contribution in [2.75, 3.05) is 20.2 Å². The lowest BCUT2D eigenvalue weighted by molar-refractivity contribution is -0.142. The van der Waals surface area contributed by atoms with Gasteiger partial charge in [0, 0.05) is 26.2 Å². The van der Waals surface area contributed by atoms with E-state index in [0.29, 0.717) is 13.0 Å². The molecule has 1 heterocycles. The van der Waals surface area contributed by atoms with Crippen molar-refractivity contribution in [3.05, 3.63) is 0 Å². The molecule has 6 nitrogen and oxygen atoms in total. The SMILES string of the molecule is COC1CCCN(C(=O)NC2CCCC2C(=O)O)C1. The van der Waals surface area contributed by atoms with E-state index in [0.717, 1.165) is 32.2 Å². The van der Waals surface area contributed by atoms with Crippen LogP contribution in [-0.4, -0.2) is 54.4 Å². The Hall–Kier alpha value is -1.30. The predicted molar refractivity (Wildman–Crippen MR) is 68.9 cm³/mol. The quantitative estimate of drug-likeness (QED) is 0.803. The number of carbonyl (C=O) groups is 2. The van der Waals surface area contributed by atoms with E-state index in [4.69, 9.17) is 9.84 Å². The Labute approximate surface area is 113 Å². The first kappa shape index (κ1) is 14.1. The molecule has 2 N–H and O–H groups in total. The van der Waals surface area contributed by atoms with Crippen molar-refractivity contribution in [1.29, 1.82) is 0 Å². The fourth-order valence-corrected chi connectivity index (χ4v) is 2.99. The standard InChI is InChI=1S/C13H22N2O4/c1-19-9-4-3-7-15(8-9)13(18)14-11-6-2-5-10(11)12(16)17/h9-11H,2-8H2,1H3,(H,14,18)(H,16,17). The van der Waals surface area contributed by atoms with Gasteiger partial charge in [0.2, 0.25) is 0 Å². The number of hydrogen-bond donors (Lipinski definition) is 2. The highest BCUT2D eigenvalue weighted by Gasteiger charge is 2.35. The Morgan fingerprint density at radius 2 is 2.05 bits per heavy atom. The predicted octanol–water partition coefficient (Wildman–Crippen LogP) is 1.06. The molecule has 6 heteroatoms. The van der Waals surface area contributed by atoms with Gasteiger partial charge in [-0.15, -0.1) is 0 Å². The van der Waals surface area contributed by atoms with E-state index >= 15 is 0 Å². The summed E-state index contributed by atoms with van der Waals surface area (Å²) in [7, 11) is 1.66. The maximum atomic E-state index is 12.2. The van der Waals surface area contributed by atoms with Crippen LogP contribution in [0.1, 0.15) is 32.1 Å². The summed E-state index contributed by atoms with van der Waals surface area (Å²) in [5.41, 5.74) is 0. The third kappa shape index (κ3) is 3.37. The number of hydrogen-bond acceptors (Lipinski definition) is 3. The van der Waals surface area contributed by atoms with Gasteiger partial charge in [-0.3, -0.25) is 4.79 Å². The van der Waals surface area contributed by atoms with Crippen molar-refractivity contribution in [3.8, 4) is 0 Å². The van der Waals surface area contributed by atoms with Gasteiger partial charge >= 0.3 is 12.0 Å². The Morgan fingerprint density at radius 1 is 1.26 bits per heavy atom. The first-order chi connectivity index (χ1) is 9.11. The van der Waals surface area contributed by atoms with Gasteiger partial charge in [-0.25, -0.2) is 4.79 Å². The molecule has 1 aliphatic heterocycles. The number of carboxylic acid groups (broad SMARTS) is 1. The van der Waals surface area contributed by atoms with Gasteiger partial charge in [-0.1, -0.05) is 6.42 Å². The highest BCUT2D eigenvalue weighted by molar-refractivity contribution is 5.77. The maximum Gasteiger partial charge on any atom is 0.317 e. The van der Waals surface area contributed by atoms with E-state index < -0.39 is 11.9 Å². The molecular weight excluding hydrogens is 248 g/mol. The summed E-state index contributed by atoms with van der Waals surface area (Å²) in [6.45, 7) is 1.31. The zero-order valence-corrected chi connectivity index (χ0v) is 11.3. The zero-order valence-electron chi connectivity index (χ0n) is 11.3. The molecule has 0 aromatic rings. The minimum Gasteiger partial charge on any atom is -0.481 e. The van der Waals surface area contributed by atoms with Crippen molar-refractivity contribution in [2.24, 2.45) is 5.92 Å². The number of rotatable bonds is 3. The van der Waals surface area contributed by atoms with E-state index in [1.54, 1.807) is 12.0 Å². The summed E-state index contributed by atoms with van der Waals surface area (Å²) in [6.07, 6.45) is 4.27. The number of urea groups is 1. The van der Waals surface area contributed by atoms with Crippen molar-refractivity contribution in [2.45, 2.75) is 44.2 Å². The summed E-state index contributed by atoms with van der Waals surface area (Å²) >= 11 is 0. The fourth-order valence-electron chi connectivity index (χ4n) is 2.99. The number of aliphatic carboxylic acids is 1. The number of carboxylic acids is 1. The van der Waals surface area contributed by atoms with Gasteiger partial charge < -0.3 is 20.1 Å². The van der Waals surface area contributed by atoms with Gasteiger partial charge in [0.25, 0.3) is 0 Å². The fraction of sp³-hybridized carbons (Fsp3) is 0.846. The van der Waals surface area contributed by atoms with Gasteiger partial charge in [-0.05, 0) is 25.7 Å². The Morgan fingerprint density at radius 3 is 2.74 bits per heavy atom. The van der Waals surface area contributed by atoms with E-state index in [9.17, 15) is 9.59 Å². The van der Waals surface area contributed by atoms with Gasteiger partial charge in [0.1, 0.15) is 0 Å². The molecule has 1 saturated heterocycles. The number of nitrogens with zero attached hydrogens (tertiary/aromatic N) is 1. The lowest BCUT2D eigenvalue weighted by Gasteiger charge is -2.33. The molecular formula is C13H22N2O4. The third-order valence-electron chi connectivity index (χ3n) is 4.14. The number of likely N-dealkylation sites (tertiary alicyclic amines) is 1. The molecule has 1 saturated carbocycles. The minimum absolute atomic E-state index is 0.0957. The molecule has 2 rings (SSSR count). The molecule has 108 valence electrons. The maximum absolute atomic E-state index is 12.2. The second-order valence-corrected chi connectivity index (χ2v) is 5.38. The van der Waals surface area contributed by atoms with Crippen molar-refractivity contribution in [1.82, 2.24) is 10.2 Å². The van der Waals surface area contributed by atoms with Gasteiger partial charge in [-0.2, -0.15) is 0 Å². The summed E-state index contributed by atoms with van der Waals surface area (Å²) < 4.78 is 5.29. The largest absolute Gasteiger partial charge is 0.481 e. The van der Waals surface area contributed by atoms with Crippen LogP contribution in [0.5, 0.6) is 0 Å². The summed E-state index contributed by atoms with van der Waals surface area (Å²) in [5, 5.41) is 12.0. The lowest BCUT2D eigenvalue weighted by Crippen LogP contribution is -2.51. The average Bonchev–Trinajstić information content (AvgIpc) is 2.87. The second kappa shape index (κ2) is 6.23. The van der Waals surface area contributed by atoms with Crippen LogP contribution in [0.2, 0.25) is 0 Å². The van der Waals surface area contributed by atoms with Crippen molar-refractivity contribution in [3.63, 3.8) is 0 Å². The molecule has 0 spiro atoms. The second-order valence-electron chi connectivity index (χ2n) is 5.38. The molecule has 0 aromatic carbocycles. The summed E-state index contributed by atoms with van der Waals surface area (Å²) in [5.74, 6) is -1.25. The lowest BCUT2D eigenvalue weighted by atomic mass is 10.0. The normalized spacial score (nSPS) is 31.2. The van der Waals surface area contributed by atoms with Crippen LogP contribution in [0.4, 0.5) is 4.79 Å². The molecule has 0 radical (unpaired) electrons. The molecule has 0 aromatic heterocycles. The highest BCUT2D eigenvalue weighted by Crippen LogP contribution is 2.26. The summed E-state index contributed by atoms with van der Waals surface area (Å²) in [4.78, 5) is 25.0. The van der Waals surface area contributed by atoms with Gasteiger partial charge in [0.15, 0.2) is 0 Å². The van der Waals surface area contributed by atoms with Crippen molar-refractivity contribution < 1.29 is 19.4 Å². The van der Waals surface area contributed by atoms with Crippen LogP contribution < -0.4 is 5.32 Å². The molecule has 3 atom stereocenters. The van der Waals surface area contributed by atoms with Crippen LogP contribution in [0.25, 0.3) is 0 Å².